The number of anilines is 2. The number of furan rings is 2. The van der Waals surface area contributed by atoms with Crippen molar-refractivity contribution in [3.63, 3.8) is 0 Å². The number of amides is 2. The van der Waals surface area contributed by atoms with Crippen LogP contribution >= 0.6 is 0 Å². The Morgan fingerprint density at radius 1 is 0.719 bits per heavy atom. The normalized spacial score (nSPS) is 10.9. The lowest BCUT2D eigenvalue weighted by Gasteiger charge is -2.10. The highest BCUT2D eigenvalue weighted by Crippen LogP contribution is 2.31. The average Bonchev–Trinajstić information content (AvgIpc) is 3.42. The Bertz CT molecular complexity index is 1290. The predicted molar refractivity (Wildman–Crippen MR) is 120 cm³/mol. The maximum absolute atomic E-state index is 12.6. The molecule has 0 aliphatic heterocycles. The first kappa shape index (κ1) is 20.8. The van der Waals surface area contributed by atoms with Gasteiger partial charge in [-0.05, 0) is 68.4 Å². The van der Waals surface area contributed by atoms with Crippen LogP contribution in [0.1, 0.15) is 32.6 Å². The Morgan fingerprint density at radius 3 is 1.94 bits per heavy atom. The van der Waals surface area contributed by atoms with Gasteiger partial charge in [-0.2, -0.15) is 5.11 Å². The number of carbonyl (C=O) groups is 2. The molecule has 4 rings (SSSR count). The topological polar surface area (TPSA) is 109 Å². The van der Waals surface area contributed by atoms with Crippen molar-refractivity contribution in [1.29, 1.82) is 0 Å². The van der Waals surface area contributed by atoms with Crippen molar-refractivity contribution < 1.29 is 18.4 Å². The smallest absolute Gasteiger partial charge is 0.291 e. The molecule has 0 bridgehead atoms. The van der Waals surface area contributed by atoms with Crippen LogP contribution in [0.5, 0.6) is 0 Å². The number of hydrogen-bond donors (Lipinski definition) is 2. The number of rotatable bonds is 6. The molecule has 0 atom stereocenters. The fourth-order valence-corrected chi connectivity index (χ4v) is 2.90. The van der Waals surface area contributed by atoms with Crippen LogP contribution in [-0.4, -0.2) is 11.8 Å². The first-order valence-electron chi connectivity index (χ1n) is 9.84. The number of benzene rings is 2. The molecule has 0 aliphatic carbocycles. The van der Waals surface area contributed by atoms with E-state index in [9.17, 15) is 9.59 Å². The van der Waals surface area contributed by atoms with Crippen LogP contribution in [0.15, 0.2) is 91.9 Å². The zero-order valence-corrected chi connectivity index (χ0v) is 17.5. The minimum atomic E-state index is -0.445. The van der Waals surface area contributed by atoms with E-state index in [4.69, 9.17) is 8.83 Å². The van der Waals surface area contributed by atoms with Gasteiger partial charge in [0.2, 0.25) is 0 Å². The Morgan fingerprint density at radius 2 is 1.34 bits per heavy atom. The van der Waals surface area contributed by atoms with Crippen molar-refractivity contribution >= 4 is 34.6 Å². The first-order valence-corrected chi connectivity index (χ1v) is 9.84. The molecule has 4 aromatic rings. The Kier molecular flexibility index (Phi) is 5.94. The van der Waals surface area contributed by atoms with Gasteiger partial charge >= 0.3 is 0 Å². The van der Waals surface area contributed by atoms with Crippen molar-refractivity contribution in [2.24, 2.45) is 10.2 Å². The molecule has 0 radical (unpaired) electrons. The molecule has 0 saturated carbocycles. The Hall–Kier alpha value is -4.46. The number of aryl methyl sites for hydroxylation is 2. The third-order valence-electron chi connectivity index (χ3n) is 4.46. The molecule has 0 saturated heterocycles. The third kappa shape index (κ3) is 4.99. The van der Waals surface area contributed by atoms with Crippen molar-refractivity contribution in [3.05, 3.63) is 95.8 Å². The molecule has 0 aliphatic rings. The van der Waals surface area contributed by atoms with Crippen molar-refractivity contribution in [2.75, 3.05) is 10.6 Å². The van der Waals surface area contributed by atoms with Gasteiger partial charge in [0.15, 0.2) is 11.5 Å². The van der Waals surface area contributed by atoms with Gasteiger partial charge in [0.25, 0.3) is 11.8 Å². The highest BCUT2D eigenvalue weighted by molar-refractivity contribution is 6.06. The van der Waals surface area contributed by atoms with Crippen LogP contribution in [0.4, 0.5) is 22.7 Å². The zero-order valence-electron chi connectivity index (χ0n) is 17.5. The average molecular weight is 428 g/mol. The Balaban J connectivity index is 1.62. The number of azo groups is 1. The fraction of sp³-hybridized carbons (Fsp3) is 0.0833. The van der Waals surface area contributed by atoms with Gasteiger partial charge < -0.3 is 19.5 Å². The molecule has 32 heavy (non-hydrogen) atoms. The summed E-state index contributed by atoms with van der Waals surface area (Å²) >= 11 is 0. The second-order valence-electron chi connectivity index (χ2n) is 7.00. The Labute approximate surface area is 184 Å². The summed E-state index contributed by atoms with van der Waals surface area (Å²) in [6, 6.07) is 20.7. The number of carbonyl (C=O) groups excluding carboxylic acids is 2. The van der Waals surface area contributed by atoms with Crippen molar-refractivity contribution in [2.45, 2.75) is 13.8 Å². The van der Waals surface area contributed by atoms with E-state index in [0.29, 0.717) is 34.3 Å². The summed E-state index contributed by atoms with van der Waals surface area (Å²) in [6.45, 7) is 3.51. The van der Waals surface area contributed by atoms with Crippen molar-refractivity contribution in [1.82, 2.24) is 0 Å². The molecule has 2 aromatic heterocycles. The van der Waals surface area contributed by atoms with Gasteiger partial charge in [-0.15, -0.1) is 5.11 Å². The van der Waals surface area contributed by atoms with Crippen LogP contribution < -0.4 is 10.6 Å². The van der Waals surface area contributed by atoms with Crippen LogP contribution in [0.2, 0.25) is 0 Å². The standard InChI is InChI=1S/C24H20N4O4/c1-15-8-12-21(31-15)23(29)25-18-10-11-19(28-27-17-6-4-3-5-7-17)20(14-18)26-24(30)22-13-9-16(2)32-22/h3-14H,1-2H3,(H,25,29)(H,26,30). The third-order valence-corrected chi connectivity index (χ3v) is 4.46. The van der Waals surface area contributed by atoms with Gasteiger partial charge in [0, 0.05) is 5.69 Å². The van der Waals surface area contributed by atoms with E-state index in [2.05, 4.69) is 20.9 Å². The number of nitrogens with zero attached hydrogens (tertiary/aromatic N) is 2. The molecule has 0 fully saturated rings. The molecular formula is C24H20N4O4. The molecular weight excluding hydrogens is 408 g/mol. The summed E-state index contributed by atoms with van der Waals surface area (Å²) in [4.78, 5) is 25.1. The van der Waals surface area contributed by atoms with Gasteiger partial charge in [-0.1, -0.05) is 18.2 Å². The maximum Gasteiger partial charge on any atom is 0.291 e. The highest BCUT2D eigenvalue weighted by atomic mass is 16.4. The summed E-state index contributed by atoms with van der Waals surface area (Å²) < 4.78 is 10.7. The van der Waals surface area contributed by atoms with E-state index in [1.165, 1.54) is 0 Å². The van der Waals surface area contributed by atoms with Crippen LogP contribution in [0.25, 0.3) is 0 Å². The maximum atomic E-state index is 12.6. The monoisotopic (exact) mass is 428 g/mol. The van der Waals surface area contributed by atoms with E-state index in [1.807, 2.05) is 30.3 Å². The van der Waals surface area contributed by atoms with E-state index in [1.54, 1.807) is 56.3 Å². The molecule has 160 valence electrons. The number of nitrogens with one attached hydrogen (secondary N) is 2. The minimum absolute atomic E-state index is 0.161. The zero-order chi connectivity index (χ0) is 22.5. The first-order chi connectivity index (χ1) is 15.5. The van der Waals surface area contributed by atoms with Gasteiger partial charge in [-0.3, -0.25) is 9.59 Å². The summed E-state index contributed by atoms with van der Waals surface area (Å²) in [6.07, 6.45) is 0. The van der Waals surface area contributed by atoms with E-state index in [-0.39, 0.29) is 11.5 Å². The molecule has 2 heterocycles. The lowest BCUT2D eigenvalue weighted by molar-refractivity contribution is 0.0989. The molecule has 2 aromatic carbocycles. The molecule has 8 heteroatoms. The largest absolute Gasteiger partial charge is 0.456 e. The fourth-order valence-electron chi connectivity index (χ4n) is 2.90. The molecule has 2 N–H and O–H groups in total. The summed E-state index contributed by atoms with van der Waals surface area (Å²) in [5.41, 5.74) is 1.89. The summed E-state index contributed by atoms with van der Waals surface area (Å²) in [5, 5.41) is 14.0. The lowest BCUT2D eigenvalue weighted by Crippen LogP contribution is -2.13. The van der Waals surface area contributed by atoms with E-state index < -0.39 is 11.8 Å². The van der Waals surface area contributed by atoms with Gasteiger partial charge in [-0.25, -0.2) is 0 Å². The lowest BCUT2D eigenvalue weighted by atomic mass is 10.2. The second kappa shape index (κ2) is 9.13. The van der Waals surface area contributed by atoms with Crippen LogP contribution in [0.3, 0.4) is 0 Å². The molecule has 2 amide bonds. The van der Waals surface area contributed by atoms with Crippen LogP contribution in [0, 0.1) is 13.8 Å². The minimum Gasteiger partial charge on any atom is -0.456 e. The second-order valence-corrected chi connectivity index (χ2v) is 7.00. The van der Waals surface area contributed by atoms with E-state index >= 15 is 0 Å². The molecule has 0 unspecified atom stereocenters. The summed E-state index contributed by atoms with van der Waals surface area (Å²) in [7, 11) is 0. The van der Waals surface area contributed by atoms with E-state index in [0.717, 1.165) is 0 Å². The predicted octanol–water partition coefficient (Wildman–Crippen LogP) is 6.41. The van der Waals surface area contributed by atoms with Crippen molar-refractivity contribution in [3.8, 4) is 0 Å². The van der Waals surface area contributed by atoms with Crippen LogP contribution in [-0.2, 0) is 0 Å². The van der Waals surface area contributed by atoms with Gasteiger partial charge in [0.05, 0.1) is 11.4 Å². The summed E-state index contributed by atoms with van der Waals surface area (Å²) in [5.74, 6) is 0.749. The quantitative estimate of drug-likeness (QED) is 0.346. The van der Waals surface area contributed by atoms with Gasteiger partial charge in [0.1, 0.15) is 17.2 Å². The highest BCUT2D eigenvalue weighted by Gasteiger charge is 2.15. The molecule has 8 nitrogen and oxygen atoms in total. The molecule has 0 spiro atoms. The number of hydrogen-bond acceptors (Lipinski definition) is 6. The SMILES string of the molecule is Cc1ccc(C(=O)Nc2ccc(N=Nc3ccccc3)c(NC(=O)c3ccc(C)o3)c2)o1.